The van der Waals surface area contributed by atoms with E-state index in [2.05, 4.69) is 5.10 Å². The molecule has 7 nitrogen and oxygen atoms in total. The van der Waals surface area contributed by atoms with Crippen molar-refractivity contribution < 1.29 is 14.3 Å². The summed E-state index contributed by atoms with van der Waals surface area (Å²) in [5.41, 5.74) is 3.63. The molecule has 0 spiro atoms. The average Bonchev–Trinajstić information content (AvgIpc) is 3.33. The largest absolute Gasteiger partial charge is 0.377 e. The van der Waals surface area contributed by atoms with E-state index in [1.165, 1.54) is 0 Å². The second-order valence-electron chi connectivity index (χ2n) is 8.49. The van der Waals surface area contributed by atoms with Crippen LogP contribution in [0.5, 0.6) is 0 Å². The van der Waals surface area contributed by atoms with E-state index < -0.39 is 0 Å². The summed E-state index contributed by atoms with van der Waals surface area (Å²) >= 11 is 0. The standard InChI is InChI=1S/C22H26N4O3/c1-14-10-24(22(28)7-16-3-4-16)21-8-17(5-6-20(21)26(14)15(2)27)18-9-23-25(11-18)19-12-29-13-19/h5-6,8-9,11,14,16,19H,3-4,7,10,12-13H2,1-2H3. The van der Waals surface area contributed by atoms with Gasteiger partial charge in [0.2, 0.25) is 11.8 Å². The zero-order valence-corrected chi connectivity index (χ0v) is 16.9. The van der Waals surface area contributed by atoms with E-state index >= 15 is 0 Å². The van der Waals surface area contributed by atoms with Gasteiger partial charge in [0, 0.05) is 31.6 Å². The summed E-state index contributed by atoms with van der Waals surface area (Å²) in [6.45, 7) is 5.50. The Kier molecular flexibility index (Phi) is 4.42. The number of amides is 2. The number of nitrogens with zero attached hydrogens (tertiary/aromatic N) is 4. The monoisotopic (exact) mass is 394 g/mol. The van der Waals surface area contributed by atoms with E-state index in [1.54, 1.807) is 11.8 Å². The zero-order valence-electron chi connectivity index (χ0n) is 16.9. The minimum absolute atomic E-state index is 0.00130. The van der Waals surface area contributed by atoms with Crippen LogP contribution in [0.3, 0.4) is 0 Å². The second kappa shape index (κ2) is 6.99. The molecule has 2 fully saturated rings. The third kappa shape index (κ3) is 3.33. The lowest BCUT2D eigenvalue weighted by atomic mass is 10.0. The lowest BCUT2D eigenvalue weighted by Crippen LogP contribution is -2.51. The van der Waals surface area contributed by atoms with Crippen molar-refractivity contribution in [3.8, 4) is 11.1 Å². The van der Waals surface area contributed by atoms with E-state index in [-0.39, 0.29) is 17.9 Å². The molecule has 1 aromatic heterocycles. The molecule has 0 bridgehead atoms. The predicted molar refractivity (Wildman–Crippen MR) is 110 cm³/mol. The first kappa shape index (κ1) is 18.4. The van der Waals surface area contributed by atoms with Crippen molar-refractivity contribution in [2.45, 2.75) is 45.2 Å². The molecular weight excluding hydrogens is 368 g/mol. The summed E-state index contributed by atoms with van der Waals surface area (Å²) in [6, 6.07) is 6.25. The van der Waals surface area contributed by atoms with Crippen molar-refractivity contribution >= 4 is 23.2 Å². The van der Waals surface area contributed by atoms with Crippen LogP contribution in [-0.2, 0) is 14.3 Å². The minimum atomic E-state index is -0.0460. The number of hydrogen-bond acceptors (Lipinski definition) is 4. The van der Waals surface area contributed by atoms with E-state index in [1.807, 2.05) is 47.1 Å². The summed E-state index contributed by atoms with van der Waals surface area (Å²) in [4.78, 5) is 29.0. The first-order valence-corrected chi connectivity index (χ1v) is 10.4. The maximum Gasteiger partial charge on any atom is 0.227 e. The maximum absolute atomic E-state index is 13.0. The van der Waals surface area contributed by atoms with Crippen LogP contribution in [0.2, 0.25) is 0 Å². The highest BCUT2D eigenvalue weighted by molar-refractivity contribution is 6.04. The van der Waals surface area contributed by atoms with Gasteiger partial charge < -0.3 is 14.5 Å². The fourth-order valence-corrected chi connectivity index (χ4v) is 4.26. The van der Waals surface area contributed by atoms with Gasteiger partial charge in [-0.2, -0.15) is 5.10 Å². The van der Waals surface area contributed by atoms with Gasteiger partial charge in [-0.05, 0) is 43.4 Å². The van der Waals surface area contributed by atoms with Crippen LogP contribution < -0.4 is 9.80 Å². The summed E-state index contributed by atoms with van der Waals surface area (Å²) < 4.78 is 7.20. The van der Waals surface area contributed by atoms with Crippen molar-refractivity contribution in [2.75, 3.05) is 29.6 Å². The SMILES string of the molecule is CC(=O)N1c2ccc(-c3cnn(C4COC4)c3)cc2N(C(=O)CC2CC2)CC1C. The van der Waals surface area contributed by atoms with E-state index in [9.17, 15) is 9.59 Å². The van der Waals surface area contributed by atoms with Gasteiger partial charge in [-0.1, -0.05) is 6.07 Å². The van der Waals surface area contributed by atoms with Gasteiger partial charge in [0.25, 0.3) is 0 Å². The van der Waals surface area contributed by atoms with Gasteiger partial charge in [-0.3, -0.25) is 14.3 Å². The first-order valence-electron chi connectivity index (χ1n) is 10.4. The molecule has 2 amide bonds. The Labute approximate surface area is 170 Å². The number of carbonyl (C=O) groups is 2. The second-order valence-corrected chi connectivity index (χ2v) is 8.49. The number of carbonyl (C=O) groups excluding carboxylic acids is 2. The molecule has 5 rings (SSSR count). The van der Waals surface area contributed by atoms with Crippen LogP contribution in [0.4, 0.5) is 11.4 Å². The first-order chi connectivity index (χ1) is 14.0. The molecule has 3 aliphatic rings. The highest BCUT2D eigenvalue weighted by Gasteiger charge is 2.36. The molecule has 3 heterocycles. The molecule has 1 aromatic carbocycles. The van der Waals surface area contributed by atoms with Crippen molar-refractivity contribution in [3.63, 3.8) is 0 Å². The molecule has 7 heteroatoms. The van der Waals surface area contributed by atoms with Crippen LogP contribution in [0.25, 0.3) is 11.1 Å². The molecule has 152 valence electrons. The Morgan fingerprint density at radius 3 is 2.62 bits per heavy atom. The molecule has 29 heavy (non-hydrogen) atoms. The van der Waals surface area contributed by atoms with Gasteiger partial charge in [0.05, 0.1) is 42.9 Å². The fourth-order valence-electron chi connectivity index (χ4n) is 4.26. The molecule has 2 aromatic rings. The number of fused-ring (bicyclic) bond motifs is 1. The van der Waals surface area contributed by atoms with Crippen LogP contribution in [0.15, 0.2) is 30.6 Å². The van der Waals surface area contributed by atoms with Crippen LogP contribution >= 0.6 is 0 Å². The van der Waals surface area contributed by atoms with Gasteiger partial charge in [0.15, 0.2) is 0 Å². The van der Waals surface area contributed by atoms with Gasteiger partial charge >= 0.3 is 0 Å². The van der Waals surface area contributed by atoms with Gasteiger partial charge in [-0.25, -0.2) is 0 Å². The average molecular weight is 394 g/mol. The summed E-state index contributed by atoms with van der Waals surface area (Å²) in [6.07, 6.45) is 6.76. The third-order valence-corrected chi connectivity index (χ3v) is 6.14. The Morgan fingerprint density at radius 1 is 1.17 bits per heavy atom. The molecule has 1 unspecified atom stereocenters. The summed E-state index contributed by atoms with van der Waals surface area (Å²) in [5, 5.41) is 4.48. The predicted octanol–water partition coefficient (Wildman–Crippen LogP) is 3.01. The number of rotatable bonds is 4. The van der Waals surface area contributed by atoms with Crippen LogP contribution in [-0.4, -0.2) is 47.4 Å². The van der Waals surface area contributed by atoms with E-state index in [0.717, 1.165) is 35.3 Å². The molecule has 0 N–H and O–H groups in total. The maximum atomic E-state index is 13.0. The Bertz CT molecular complexity index is 961. The van der Waals surface area contributed by atoms with Gasteiger partial charge in [-0.15, -0.1) is 0 Å². The smallest absolute Gasteiger partial charge is 0.227 e. The topological polar surface area (TPSA) is 67.7 Å². The lowest BCUT2D eigenvalue weighted by molar-refractivity contribution is -0.120. The molecule has 1 atom stereocenters. The van der Waals surface area contributed by atoms with Crippen molar-refractivity contribution in [3.05, 3.63) is 30.6 Å². The Balaban J connectivity index is 1.52. The highest BCUT2D eigenvalue weighted by atomic mass is 16.5. The summed E-state index contributed by atoms with van der Waals surface area (Å²) in [7, 11) is 0. The Morgan fingerprint density at radius 2 is 1.97 bits per heavy atom. The van der Waals surface area contributed by atoms with Crippen LogP contribution in [0, 0.1) is 5.92 Å². The fraction of sp³-hybridized carbons (Fsp3) is 0.500. The molecule has 1 saturated carbocycles. The molecule has 0 radical (unpaired) electrons. The Hall–Kier alpha value is -2.67. The number of hydrogen-bond donors (Lipinski definition) is 0. The minimum Gasteiger partial charge on any atom is -0.377 e. The lowest BCUT2D eigenvalue weighted by Gasteiger charge is -2.41. The molecule has 1 saturated heterocycles. The number of aromatic nitrogens is 2. The molecular formula is C22H26N4O3. The number of benzene rings is 1. The van der Waals surface area contributed by atoms with E-state index in [4.69, 9.17) is 4.74 Å². The number of ether oxygens (including phenoxy) is 1. The van der Waals surface area contributed by atoms with Crippen molar-refractivity contribution in [1.82, 2.24) is 9.78 Å². The molecule has 1 aliphatic carbocycles. The van der Waals surface area contributed by atoms with Gasteiger partial charge in [0.1, 0.15) is 0 Å². The quantitative estimate of drug-likeness (QED) is 0.800. The molecule has 2 aliphatic heterocycles. The third-order valence-electron chi connectivity index (χ3n) is 6.14. The number of anilines is 2. The summed E-state index contributed by atoms with van der Waals surface area (Å²) in [5.74, 6) is 0.681. The highest BCUT2D eigenvalue weighted by Crippen LogP contribution is 2.41. The van der Waals surface area contributed by atoms with E-state index in [0.29, 0.717) is 38.1 Å². The normalized spacial score (nSPS) is 21.7. The zero-order chi connectivity index (χ0) is 20.1. The van der Waals surface area contributed by atoms with Crippen molar-refractivity contribution in [1.29, 1.82) is 0 Å². The van der Waals surface area contributed by atoms with Crippen LogP contribution in [0.1, 0.15) is 39.2 Å². The van der Waals surface area contributed by atoms with Crippen molar-refractivity contribution in [2.24, 2.45) is 5.92 Å².